The average Bonchev–Trinajstić information content (AvgIpc) is 2.50. The highest BCUT2D eigenvalue weighted by molar-refractivity contribution is 4.93. The van der Waals surface area contributed by atoms with Crippen LogP contribution in [0.1, 0.15) is 6.92 Å². The van der Waals surface area contributed by atoms with Gasteiger partial charge in [0.2, 0.25) is 0 Å². The summed E-state index contributed by atoms with van der Waals surface area (Å²) in [5, 5.41) is 67.3. The monoisotopic (exact) mass is 326 g/mol. The van der Waals surface area contributed by atoms with Crippen LogP contribution in [-0.2, 0) is 14.2 Å². The standard InChI is InChI=1S/C12H22O10/c1-3-5(14)6(15)9(18)12(20-3)22-10-4(2-13)21-11(19)8(17)7(10)16/h3-19H,2H2,1H3/t3-,4-,5+,6+,7-,8-,9-,10+,11?,12-/m1/s1. The molecule has 10 atom stereocenters. The van der Waals surface area contributed by atoms with Crippen LogP contribution in [0.4, 0.5) is 0 Å². The molecule has 2 heterocycles. The molecule has 0 radical (unpaired) electrons. The zero-order valence-corrected chi connectivity index (χ0v) is 11.8. The van der Waals surface area contributed by atoms with E-state index in [1.165, 1.54) is 6.92 Å². The lowest BCUT2D eigenvalue weighted by molar-refractivity contribution is -0.352. The Bertz CT molecular complexity index is 366. The summed E-state index contributed by atoms with van der Waals surface area (Å²) in [7, 11) is 0. The Labute approximate surface area is 126 Å². The van der Waals surface area contributed by atoms with Gasteiger partial charge in [-0.05, 0) is 6.92 Å². The third-order valence-corrected chi connectivity index (χ3v) is 3.94. The van der Waals surface area contributed by atoms with E-state index < -0.39 is 68.0 Å². The van der Waals surface area contributed by atoms with Crippen LogP contribution in [0, 0.1) is 0 Å². The molecule has 10 heteroatoms. The predicted molar refractivity (Wildman–Crippen MR) is 67.2 cm³/mol. The van der Waals surface area contributed by atoms with Crippen molar-refractivity contribution in [3.8, 4) is 0 Å². The minimum Gasteiger partial charge on any atom is -0.394 e. The van der Waals surface area contributed by atoms with Crippen molar-refractivity contribution in [2.45, 2.75) is 68.3 Å². The fourth-order valence-corrected chi connectivity index (χ4v) is 2.52. The first-order valence-electron chi connectivity index (χ1n) is 6.93. The number of ether oxygens (including phenoxy) is 3. The van der Waals surface area contributed by atoms with Crippen molar-refractivity contribution in [3.05, 3.63) is 0 Å². The highest BCUT2D eigenvalue weighted by Gasteiger charge is 2.49. The Morgan fingerprint density at radius 2 is 1.45 bits per heavy atom. The van der Waals surface area contributed by atoms with E-state index in [2.05, 4.69) is 0 Å². The fourth-order valence-electron chi connectivity index (χ4n) is 2.52. The lowest BCUT2D eigenvalue weighted by atomic mass is 9.97. The van der Waals surface area contributed by atoms with Gasteiger partial charge in [0.05, 0.1) is 12.7 Å². The summed E-state index contributed by atoms with van der Waals surface area (Å²) in [4.78, 5) is 0. The zero-order chi connectivity index (χ0) is 16.6. The lowest BCUT2D eigenvalue weighted by Crippen LogP contribution is -2.63. The van der Waals surface area contributed by atoms with E-state index in [4.69, 9.17) is 14.2 Å². The average molecular weight is 326 g/mol. The topological polar surface area (TPSA) is 169 Å². The van der Waals surface area contributed by atoms with Gasteiger partial charge in [-0.3, -0.25) is 0 Å². The van der Waals surface area contributed by atoms with Gasteiger partial charge in [-0.1, -0.05) is 0 Å². The van der Waals surface area contributed by atoms with Crippen LogP contribution in [0.5, 0.6) is 0 Å². The normalized spacial score (nSPS) is 53.5. The van der Waals surface area contributed by atoms with Gasteiger partial charge in [0.1, 0.15) is 42.7 Å². The molecule has 130 valence electrons. The zero-order valence-electron chi connectivity index (χ0n) is 11.8. The van der Waals surface area contributed by atoms with Crippen molar-refractivity contribution >= 4 is 0 Å². The van der Waals surface area contributed by atoms with E-state index in [9.17, 15) is 35.7 Å². The van der Waals surface area contributed by atoms with Crippen molar-refractivity contribution in [3.63, 3.8) is 0 Å². The second-order valence-corrected chi connectivity index (χ2v) is 5.51. The van der Waals surface area contributed by atoms with Gasteiger partial charge in [0.15, 0.2) is 12.6 Å². The Hall–Kier alpha value is -0.400. The van der Waals surface area contributed by atoms with Crippen LogP contribution in [0.15, 0.2) is 0 Å². The summed E-state index contributed by atoms with van der Waals surface area (Å²) >= 11 is 0. The Balaban J connectivity index is 2.10. The van der Waals surface area contributed by atoms with Gasteiger partial charge in [0, 0.05) is 0 Å². The maximum absolute atomic E-state index is 9.93. The molecular formula is C12H22O10. The number of aliphatic hydroxyl groups excluding tert-OH is 7. The van der Waals surface area contributed by atoms with Crippen molar-refractivity contribution in [2.24, 2.45) is 0 Å². The molecule has 1 unspecified atom stereocenters. The molecule has 2 rings (SSSR count). The fraction of sp³-hybridized carbons (Fsp3) is 1.00. The second-order valence-electron chi connectivity index (χ2n) is 5.51. The van der Waals surface area contributed by atoms with E-state index in [1.807, 2.05) is 0 Å². The van der Waals surface area contributed by atoms with Crippen LogP contribution in [0.25, 0.3) is 0 Å². The molecule has 7 N–H and O–H groups in total. The molecule has 0 bridgehead atoms. The van der Waals surface area contributed by atoms with Crippen molar-refractivity contribution in [1.29, 1.82) is 0 Å². The minimum absolute atomic E-state index is 0.630. The quantitative estimate of drug-likeness (QED) is 0.269. The minimum atomic E-state index is -1.70. The van der Waals surface area contributed by atoms with E-state index in [0.717, 1.165) is 0 Å². The van der Waals surface area contributed by atoms with Crippen LogP contribution >= 0.6 is 0 Å². The molecule has 2 aliphatic heterocycles. The van der Waals surface area contributed by atoms with Gasteiger partial charge in [-0.15, -0.1) is 0 Å². The summed E-state index contributed by atoms with van der Waals surface area (Å²) in [6, 6.07) is 0. The molecule has 0 aromatic rings. The Morgan fingerprint density at radius 1 is 0.818 bits per heavy atom. The molecule has 0 aromatic carbocycles. The van der Waals surface area contributed by atoms with Gasteiger partial charge in [-0.2, -0.15) is 0 Å². The highest BCUT2D eigenvalue weighted by atomic mass is 16.7. The second kappa shape index (κ2) is 7.01. The molecule has 0 spiro atoms. The molecule has 2 saturated heterocycles. The molecule has 0 aromatic heterocycles. The third-order valence-electron chi connectivity index (χ3n) is 3.94. The number of rotatable bonds is 3. The summed E-state index contributed by atoms with van der Waals surface area (Å²) in [5.41, 5.74) is 0. The molecule has 0 saturated carbocycles. The van der Waals surface area contributed by atoms with Crippen LogP contribution in [-0.4, -0.2) is 104 Å². The van der Waals surface area contributed by atoms with Crippen LogP contribution in [0.3, 0.4) is 0 Å². The number of hydrogen-bond donors (Lipinski definition) is 7. The summed E-state index contributed by atoms with van der Waals surface area (Å²) in [5.74, 6) is 0. The molecule has 0 amide bonds. The lowest BCUT2D eigenvalue weighted by Gasteiger charge is -2.44. The Kier molecular flexibility index (Phi) is 5.72. The van der Waals surface area contributed by atoms with Gasteiger partial charge in [0.25, 0.3) is 0 Å². The molecule has 2 aliphatic rings. The van der Waals surface area contributed by atoms with Crippen LogP contribution < -0.4 is 0 Å². The number of hydrogen-bond acceptors (Lipinski definition) is 10. The van der Waals surface area contributed by atoms with E-state index in [0.29, 0.717) is 0 Å². The van der Waals surface area contributed by atoms with Crippen molar-refractivity contribution in [2.75, 3.05) is 6.61 Å². The van der Waals surface area contributed by atoms with Crippen LogP contribution in [0.2, 0.25) is 0 Å². The molecule has 2 fully saturated rings. The predicted octanol–water partition coefficient (Wildman–Crippen LogP) is -4.37. The summed E-state index contributed by atoms with van der Waals surface area (Å²) in [6.45, 7) is 0.821. The maximum atomic E-state index is 9.93. The molecule has 22 heavy (non-hydrogen) atoms. The van der Waals surface area contributed by atoms with E-state index >= 15 is 0 Å². The van der Waals surface area contributed by atoms with E-state index in [-0.39, 0.29) is 0 Å². The van der Waals surface area contributed by atoms with Crippen molar-refractivity contribution in [1.82, 2.24) is 0 Å². The van der Waals surface area contributed by atoms with Gasteiger partial charge >= 0.3 is 0 Å². The maximum Gasteiger partial charge on any atom is 0.187 e. The first-order chi connectivity index (χ1) is 10.3. The summed E-state index contributed by atoms with van der Waals surface area (Å²) < 4.78 is 15.4. The first-order valence-corrected chi connectivity index (χ1v) is 6.93. The van der Waals surface area contributed by atoms with E-state index in [1.54, 1.807) is 0 Å². The van der Waals surface area contributed by atoms with Gasteiger partial charge < -0.3 is 50.0 Å². The smallest absolute Gasteiger partial charge is 0.187 e. The number of aliphatic hydroxyl groups is 7. The first kappa shape index (κ1) is 17.9. The Morgan fingerprint density at radius 3 is 2.05 bits per heavy atom. The third kappa shape index (κ3) is 3.26. The highest BCUT2D eigenvalue weighted by Crippen LogP contribution is 2.28. The molecule has 0 aliphatic carbocycles. The SMILES string of the molecule is C[C@H]1O[C@H](O[C@@H]2[C@H](O)[C@@H](O)C(O)O[C@@H]2CO)[C@H](O)[C@@H](O)[C@H]1O. The molecule has 10 nitrogen and oxygen atoms in total. The molecular weight excluding hydrogens is 304 g/mol. The van der Waals surface area contributed by atoms with Gasteiger partial charge in [-0.25, -0.2) is 0 Å². The summed E-state index contributed by atoms with van der Waals surface area (Å²) in [6.07, 6.45) is -14.2. The van der Waals surface area contributed by atoms with Crippen molar-refractivity contribution < 1.29 is 50.0 Å². The largest absolute Gasteiger partial charge is 0.394 e.